The zero-order valence-electron chi connectivity index (χ0n) is 26.4. The maximum Gasteiger partial charge on any atom is 0.289 e. The van der Waals surface area contributed by atoms with Gasteiger partial charge in [0.15, 0.2) is 5.84 Å². The van der Waals surface area contributed by atoms with Crippen molar-refractivity contribution < 1.29 is 28.8 Å². The van der Waals surface area contributed by atoms with Gasteiger partial charge < -0.3 is 31.9 Å². The number of hydrogen-bond acceptors (Lipinski definition) is 9. The molecule has 15 heteroatoms. The molecule has 1 aliphatic heterocycles. The number of amides is 5. The molecule has 3 aliphatic rings. The van der Waals surface area contributed by atoms with Crippen molar-refractivity contribution >= 4 is 41.2 Å². The van der Waals surface area contributed by atoms with Crippen LogP contribution in [0.25, 0.3) is 0 Å². The molecule has 0 radical (unpaired) electrons. The van der Waals surface area contributed by atoms with Crippen molar-refractivity contribution in [3.63, 3.8) is 0 Å². The van der Waals surface area contributed by atoms with Gasteiger partial charge in [-0.1, -0.05) is 47.0 Å². The van der Waals surface area contributed by atoms with Gasteiger partial charge in [-0.3, -0.25) is 34.2 Å². The number of likely N-dealkylation sites (tertiary alicyclic amines) is 1. The van der Waals surface area contributed by atoms with Gasteiger partial charge in [-0.25, -0.2) is 0 Å². The van der Waals surface area contributed by atoms with Gasteiger partial charge in [0.25, 0.3) is 11.8 Å². The van der Waals surface area contributed by atoms with E-state index in [1.807, 2.05) is 6.92 Å². The highest BCUT2D eigenvalue weighted by molar-refractivity contribution is 6.38. The molecule has 2 saturated carbocycles. The number of Topliss-reactive ketones (excluding diaryl/α,β-unsaturated/α-hetero) is 1. The van der Waals surface area contributed by atoms with Crippen LogP contribution in [0.15, 0.2) is 16.9 Å². The Morgan fingerprint density at radius 3 is 2.29 bits per heavy atom. The van der Waals surface area contributed by atoms with E-state index in [0.717, 1.165) is 38.2 Å². The van der Waals surface area contributed by atoms with Gasteiger partial charge in [-0.15, -0.1) is 4.91 Å². The average Bonchev–Trinajstić information content (AvgIpc) is 3.72. The number of rotatable bonds is 13. The van der Waals surface area contributed by atoms with Crippen LogP contribution in [-0.4, -0.2) is 82.8 Å². The summed E-state index contributed by atoms with van der Waals surface area (Å²) in [4.78, 5) is 90.6. The first-order valence-corrected chi connectivity index (χ1v) is 15.6. The van der Waals surface area contributed by atoms with Crippen molar-refractivity contribution in [3.05, 3.63) is 16.7 Å². The van der Waals surface area contributed by atoms with E-state index in [4.69, 9.17) is 11.1 Å². The number of amidine groups is 1. The van der Waals surface area contributed by atoms with E-state index in [9.17, 15) is 33.7 Å². The van der Waals surface area contributed by atoms with Crippen LogP contribution >= 0.6 is 0 Å². The fourth-order valence-corrected chi connectivity index (χ4v) is 5.99. The van der Waals surface area contributed by atoms with E-state index in [1.165, 1.54) is 0 Å². The molecule has 2 unspecified atom stereocenters. The Balaban J connectivity index is 1.78. The summed E-state index contributed by atoms with van der Waals surface area (Å²) in [7, 11) is 0. The Hall–Kier alpha value is -4.17. The van der Waals surface area contributed by atoms with Crippen LogP contribution in [0.4, 0.5) is 0 Å². The second kappa shape index (κ2) is 15.2. The molecule has 15 nitrogen and oxygen atoms in total. The van der Waals surface area contributed by atoms with Crippen molar-refractivity contribution in [2.75, 3.05) is 6.54 Å². The molecule has 2 aliphatic carbocycles. The third-order valence-electron chi connectivity index (χ3n) is 8.47. The zero-order valence-corrected chi connectivity index (χ0v) is 26.4. The molecule has 0 aromatic heterocycles. The zero-order chi connectivity index (χ0) is 33.5. The van der Waals surface area contributed by atoms with Gasteiger partial charge in [-0.05, 0) is 55.0 Å². The first-order valence-electron chi connectivity index (χ1n) is 15.6. The second-order valence-electron chi connectivity index (χ2n) is 13.2. The Kier molecular flexibility index (Phi) is 11.9. The van der Waals surface area contributed by atoms with Gasteiger partial charge >= 0.3 is 0 Å². The molecule has 1 heterocycles. The minimum Gasteiger partial charge on any atom is -0.394 e. The standard InChI is InChI=1S/C30H46N8O7/c1-5-8-19(24(40)28(43)34-17-11-12-17)35-27(42)21-13-16-9-6-7-10-20(16)38(21)29(44)25(30(2,3)4)36-23(39)15-33-26(41)18(31)14-22(32)37-45/h14,16-17,19-21,25,32H,5-13,15,31H2,1-4H3,(H,33,41)(H,34,43)(H,35,42)(H,36,39)/b18-14-,32-22?/t16?,19-,20?,21-,25+/m0/s1. The molecule has 248 valence electrons. The number of ketones is 1. The van der Waals surface area contributed by atoms with Gasteiger partial charge in [0.1, 0.15) is 17.8 Å². The Morgan fingerprint density at radius 2 is 1.69 bits per heavy atom. The lowest BCUT2D eigenvalue weighted by Crippen LogP contribution is -2.61. The second-order valence-corrected chi connectivity index (χ2v) is 13.2. The van der Waals surface area contributed by atoms with Crippen LogP contribution in [0.5, 0.6) is 0 Å². The summed E-state index contributed by atoms with van der Waals surface area (Å²) < 4.78 is 0. The van der Waals surface area contributed by atoms with Gasteiger partial charge in [0.05, 0.1) is 12.6 Å². The van der Waals surface area contributed by atoms with Crippen molar-refractivity contribution in [1.29, 1.82) is 5.41 Å². The quantitative estimate of drug-likeness (QED) is 0.0550. The number of carbonyl (C=O) groups is 6. The third kappa shape index (κ3) is 9.41. The van der Waals surface area contributed by atoms with Crippen LogP contribution < -0.4 is 27.0 Å². The number of hydrogen-bond donors (Lipinski definition) is 6. The van der Waals surface area contributed by atoms with Crippen molar-refractivity contribution in [3.8, 4) is 0 Å². The average molecular weight is 631 g/mol. The molecule has 3 rings (SSSR count). The highest BCUT2D eigenvalue weighted by atomic mass is 16.3. The minimum atomic E-state index is -1.07. The summed E-state index contributed by atoms with van der Waals surface area (Å²) in [6.45, 7) is 6.61. The summed E-state index contributed by atoms with van der Waals surface area (Å²) in [5.74, 6) is -4.67. The number of nitrogens with two attached hydrogens (primary N) is 1. The highest BCUT2D eigenvalue weighted by Gasteiger charge is 2.51. The van der Waals surface area contributed by atoms with E-state index in [2.05, 4.69) is 26.4 Å². The van der Waals surface area contributed by atoms with E-state index in [-0.39, 0.29) is 24.4 Å². The number of nitrogens with zero attached hydrogens (tertiary/aromatic N) is 2. The van der Waals surface area contributed by atoms with Crippen molar-refractivity contribution in [2.24, 2.45) is 22.2 Å². The van der Waals surface area contributed by atoms with E-state index >= 15 is 0 Å². The molecule has 3 fully saturated rings. The van der Waals surface area contributed by atoms with Gasteiger partial charge in [0.2, 0.25) is 23.5 Å². The SMILES string of the molecule is CCC[C@H](NC(=O)[C@@H]1CC2CCCCC2N1C(=O)[C@@H](NC(=O)CNC(=O)/C(N)=C/C(=N)N=O)C(C)(C)C)C(=O)C(=O)NC1CC1. The molecule has 45 heavy (non-hydrogen) atoms. The largest absolute Gasteiger partial charge is 0.394 e. The summed E-state index contributed by atoms with van der Waals surface area (Å²) in [5.41, 5.74) is 4.25. The fourth-order valence-electron chi connectivity index (χ4n) is 5.99. The van der Waals surface area contributed by atoms with E-state index < -0.39 is 76.9 Å². The lowest BCUT2D eigenvalue weighted by molar-refractivity contribution is -0.147. The molecular weight excluding hydrogens is 584 g/mol. The normalized spacial score (nSPS) is 22.7. The summed E-state index contributed by atoms with van der Waals surface area (Å²) in [5, 5.41) is 20.0. The Morgan fingerprint density at radius 1 is 1.02 bits per heavy atom. The fraction of sp³-hybridized carbons (Fsp3) is 0.700. The Bertz CT molecular complexity index is 1240. The third-order valence-corrected chi connectivity index (χ3v) is 8.47. The lowest BCUT2D eigenvalue weighted by atomic mass is 9.83. The predicted octanol–water partition coefficient (Wildman–Crippen LogP) is 0.512. The first kappa shape index (κ1) is 35.3. The number of nitroso groups, excluding NO2 is 1. The number of carbonyl (C=O) groups excluding carboxylic acids is 6. The molecule has 0 aromatic rings. The van der Waals surface area contributed by atoms with Crippen LogP contribution in [0.3, 0.4) is 0 Å². The molecule has 1 saturated heterocycles. The molecule has 5 amide bonds. The van der Waals surface area contributed by atoms with E-state index in [0.29, 0.717) is 19.3 Å². The molecule has 7 N–H and O–H groups in total. The minimum absolute atomic E-state index is 0.00783. The molecule has 0 aromatic carbocycles. The van der Waals surface area contributed by atoms with Crippen molar-refractivity contribution in [2.45, 2.75) is 116 Å². The summed E-state index contributed by atoms with van der Waals surface area (Å²) in [6.07, 6.45) is 6.99. The highest BCUT2D eigenvalue weighted by Crippen LogP contribution is 2.41. The van der Waals surface area contributed by atoms with Crippen molar-refractivity contribution in [1.82, 2.24) is 26.2 Å². The maximum atomic E-state index is 14.3. The lowest BCUT2D eigenvalue weighted by Gasteiger charge is -2.39. The molecule has 0 bridgehead atoms. The first-order chi connectivity index (χ1) is 21.2. The molecular formula is C30H46N8O7. The number of nitrogens with one attached hydrogen (secondary N) is 5. The van der Waals surface area contributed by atoms with E-state index in [1.54, 1.807) is 25.7 Å². The van der Waals surface area contributed by atoms with Crippen LogP contribution in [0, 0.1) is 21.6 Å². The Labute approximate surface area is 262 Å². The van der Waals surface area contributed by atoms with Crippen LogP contribution in [0.1, 0.15) is 85.5 Å². The summed E-state index contributed by atoms with van der Waals surface area (Å²) in [6, 6.07) is -3.22. The monoisotopic (exact) mass is 630 g/mol. The van der Waals surface area contributed by atoms with Gasteiger partial charge in [-0.2, -0.15) is 0 Å². The van der Waals surface area contributed by atoms with Crippen LogP contribution in [-0.2, 0) is 28.8 Å². The summed E-state index contributed by atoms with van der Waals surface area (Å²) >= 11 is 0. The molecule has 5 atom stereocenters. The molecule has 0 spiro atoms. The van der Waals surface area contributed by atoms with Gasteiger partial charge in [0, 0.05) is 18.2 Å². The maximum absolute atomic E-state index is 14.3. The number of fused-ring (bicyclic) bond motifs is 1. The van der Waals surface area contributed by atoms with Crippen LogP contribution in [0.2, 0.25) is 0 Å². The smallest absolute Gasteiger partial charge is 0.289 e. The topological polar surface area (TPSA) is 233 Å². The predicted molar refractivity (Wildman–Crippen MR) is 164 cm³/mol.